The van der Waals surface area contributed by atoms with Crippen LogP contribution >= 0.6 is 22.9 Å². The van der Waals surface area contributed by atoms with Gasteiger partial charge in [0, 0.05) is 16.0 Å². The first kappa shape index (κ1) is 13.3. The zero-order valence-corrected chi connectivity index (χ0v) is 11.3. The number of hydrogen-bond acceptors (Lipinski definition) is 3. The van der Waals surface area contributed by atoms with Crippen molar-refractivity contribution < 1.29 is 0 Å². The van der Waals surface area contributed by atoms with E-state index in [-0.39, 0.29) is 11.9 Å². The zero-order chi connectivity index (χ0) is 13.8. The van der Waals surface area contributed by atoms with Gasteiger partial charge in [0.2, 0.25) is 11.1 Å². The van der Waals surface area contributed by atoms with E-state index in [1.54, 1.807) is 12.1 Å². The lowest BCUT2D eigenvalue weighted by atomic mass is 10.2. The van der Waals surface area contributed by atoms with Crippen molar-refractivity contribution in [2.45, 2.75) is 0 Å². The predicted molar refractivity (Wildman–Crippen MR) is 79.7 cm³/mol. The van der Waals surface area contributed by atoms with Crippen molar-refractivity contribution >= 4 is 40.0 Å². The molecule has 1 heterocycles. The highest BCUT2D eigenvalue weighted by Crippen LogP contribution is 2.27. The van der Waals surface area contributed by atoms with Crippen molar-refractivity contribution in [3.05, 3.63) is 34.7 Å². The Morgan fingerprint density at radius 2 is 1.84 bits per heavy atom. The molecule has 0 atom stereocenters. The van der Waals surface area contributed by atoms with E-state index in [1.165, 1.54) is 11.3 Å². The summed E-state index contributed by atoms with van der Waals surface area (Å²) in [7, 11) is 0. The van der Waals surface area contributed by atoms with Crippen molar-refractivity contribution in [3.8, 4) is 11.3 Å². The first-order valence-electron chi connectivity index (χ1n) is 5.20. The van der Waals surface area contributed by atoms with E-state index in [0.29, 0.717) is 10.2 Å². The average molecular weight is 295 g/mol. The lowest BCUT2D eigenvalue weighted by Gasteiger charge is -1.95. The first-order valence-corrected chi connectivity index (χ1v) is 6.45. The quantitative estimate of drug-likeness (QED) is 0.577. The molecular weight excluding hydrogens is 284 g/mol. The third kappa shape index (κ3) is 3.67. The van der Waals surface area contributed by atoms with Gasteiger partial charge >= 0.3 is 0 Å². The minimum Gasteiger partial charge on any atom is -0.370 e. The molecule has 19 heavy (non-hydrogen) atoms. The molecule has 98 valence electrons. The van der Waals surface area contributed by atoms with Crippen molar-refractivity contribution in [2.75, 3.05) is 0 Å². The Morgan fingerprint density at radius 3 is 2.47 bits per heavy atom. The molecule has 0 fully saturated rings. The van der Waals surface area contributed by atoms with Gasteiger partial charge in [-0.2, -0.15) is 9.98 Å². The summed E-state index contributed by atoms with van der Waals surface area (Å²) >= 11 is 7.17. The fourth-order valence-electron chi connectivity index (χ4n) is 1.32. The molecule has 1 aromatic carbocycles. The molecule has 0 radical (unpaired) electrons. The molecular formula is C11H11ClN6S. The van der Waals surface area contributed by atoms with Crippen LogP contribution in [0.1, 0.15) is 0 Å². The fourth-order valence-corrected chi connectivity index (χ4v) is 2.15. The largest absolute Gasteiger partial charge is 0.370 e. The number of nitrogens with zero attached hydrogens (tertiary/aromatic N) is 3. The number of halogens is 1. The van der Waals surface area contributed by atoms with Crippen LogP contribution in [0.25, 0.3) is 11.3 Å². The summed E-state index contributed by atoms with van der Waals surface area (Å²) in [6, 6.07) is 7.36. The summed E-state index contributed by atoms with van der Waals surface area (Å²) in [5, 5.41) is 3.02. The van der Waals surface area contributed by atoms with Crippen molar-refractivity contribution in [3.63, 3.8) is 0 Å². The van der Waals surface area contributed by atoms with Gasteiger partial charge in [-0.25, -0.2) is 4.98 Å². The fraction of sp³-hybridized carbons (Fsp3) is 0. The molecule has 0 aliphatic heterocycles. The number of benzene rings is 1. The van der Waals surface area contributed by atoms with Gasteiger partial charge in [-0.15, -0.1) is 11.3 Å². The second-order valence-corrected chi connectivity index (χ2v) is 4.80. The number of hydrogen-bond donors (Lipinski definition) is 3. The smallest absolute Gasteiger partial charge is 0.225 e. The highest BCUT2D eigenvalue weighted by Gasteiger charge is 2.04. The summed E-state index contributed by atoms with van der Waals surface area (Å²) in [4.78, 5) is 11.9. The molecule has 0 unspecified atom stereocenters. The Balaban J connectivity index is 2.24. The minimum atomic E-state index is -0.143. The maximum absolute atomic E-state index is 5.83. The van der Waals surface area contributed by atoms with Gasteiger partial charge in [-0.1, -0.05) is 23.7 Å². The summed E-state index contributed by atoms with van der Waals surface area (Å²) in [6.45, 7) is 0. The Hall–Kier alpha value is -2.12. The maximum Gasteiger partial charge on any atom is 0.225 e. The monoisotopic (exact) mass is 294 g/mol. The van der Waals surface area contributed by atoms with Crippen molar-refractivity contribution in [1.82, 2.24) is 4.98 Å². The van der Waals surface area contributed by atoms with Crippen LogP contribution in [0, 0.1) is 0 Å². The minimum absolute atomic E-state index is 0.0305. The Labute approximate surface area is 118 Å². The molecule has 0 aliphatic rings. The normalized spacial score (nSPS) is 11.3. The summed E-state index contributed by atoms with van der Waals surface area (Å²) < 4.78 is 0. The van der Waals surface area contributed by atoms with E-state index in [0.717, 1.165) is 11.3 Å². The van der Waals surface area contributed by atoms with Crippen LogP contribution in [0.2, 0.25) is 5.02 Å². The Bertz CT molecular complexity index is 627. The highest BCUT2D eigenvalue weighted by molar-refractivity contribution is 7.13. The van der Waals surface area contributed by atoms with Gasteiger partial charge in [0.1, 0.15) is 0 Å². The van der Waals surface area contributed by atoms with Gasteiger partial charge in [-0.05, 0) is 12.1 Å². The van der Waals surface area contributed by atoms with Crippen LogP contribution in [-0.2, 0) is 0 Å². The van der Waals surface area contributed by atoms with E-state index in [2.05, 4.69) is 15.0 Å². The van der Waals surface area contributed by atoms with Crippen molar-refractivity contribution in [2.24, 2.45) is 27.2 Å². The molecule has 2 aromatic rings. The molecule has 0 bridgehead atoms. The molecule has 6 N–H and O–H groups in total. The number of aliphatic imine (C=N–C) groups is 2. The standard InChI is InChI=1S/C11H11ClN6S/c12-7-3-1-6(2-4-7)8-5-19-11(16-8)18-10(15)17-9(13)14/h1-5H,(H6,13,14,15,16,17,18). The molecule has 6 nitrogen and oxygen atoms in total. The van der Waals surface area contributed by atoms with Crippen molar-refractivity contribution in [1.29, 1.82) is 0 Å². The van der Waals surface area contributed by atoms with Gasteiger partial charge in [-0.3, -0.25) is 0 Å². The first-order chi connectivity index (χ1) is 9.04. The number of aromatic nitrogens is 1. The second-order valence-electron chi connectivity index (χ2n) is 3.53. The van der Waals surface area contributed by atoms with Crippen LogP contribution in [0.5, 0.6) is 0 Å². The number of guanidine groups is 2. The van der Waals surface area contributed by atoms with E-state index < -0.39 is 0 Å². The Kier molecular flexibility index (Phi) is 3.98. The molecule has 0 amide bonds. The third-order valence-corrected chi connectivity index (χ3v) is 3.07. The number of thiazole rings is 1. The van der Waals surface area contributed by atoms with Gasteiger partial charge in [0.05, 0.1) is 5.69 Å². The summed E-state index contributed by atoms with van der Waals surface area (Å²) in [6.07, 6.45) is 0. The van der Waals surface area contributed by atoms with Gasteiger partial charge < -0.3 is 17.2 Å². The van der Waals surface area contributed by atoms with Gasteiger partial charge in [0.25, 0.3) is 0 Å². The van der Waals surface area contributed by atoms with Crippen LogP contribution in [0.4, 0.5) is 5.13 Å². The van der Waals surface area contributed by atoms with Gasteiger partial charge in [0.15, 0.2) is 5.96 Å². The SMILES string of the molecule is NC(N)=N/C(N)=N/c1nc(-c2ccc(Cl)cc2)cs1. The lowest BCUT2D eigenvalue weighted by Crippen LogP contribution is -2.26. The third-order valence-electron chi connectivity index (χ3n) is 2.09. The zero-order valence-electron chi connectivity index (χ0n) is 9.75. The van der Waals surface area contributed by atoms with Crippen LogP contribution in [0.3, 0.4) is 0 Å². The highest BCUT2D eigenvalue weighted by atomic mass is 35.5. The van der Waals surface area contributed by atoms with E-state index in [9.17, 15) is 0 Å². The Morgan fingerprint density at radius 1 is 1.16 bits per heavy atom. The molecule has 0 aliphatic carbocycles. The molecule has 1 aromatic heterocycles. The van der Waals surface area contributed by atoms with Crippen LogP contribution in [0.15, 0.2) is 39.6 Å². The van der Waals surface area contributed by atoms with E-state index >= 15 is 0 Å². The lowest BCUT2D eigenvalue weighted by molar-refractivity contribution is 1.32. The molecule has 2 rings (SSSR count). The number of rotatable bonds is 2. The molecule has 0 saturated heterocycles. The second kappa shape index (κ2) is 5.68. The maximum atomic E-state index is 5.83. The van der Waals surface area contributed by atoms with E-state index in [4.69, 9.17) is 28.8 Å². The topological polar surface area (TPSA) is 116 Å². The average Bonchev–Trinajstić information content (AvgIpc) is 2.77. The summed E-state index contributed by atoms with van der Waals surface area (Å²) in [5.74, 6) is -0.173. The van der Waals surface area contributed by atoms with E-state index in [1.807, 2.05) is 17.5 Å². The molecule has 0 spiro atoms. The van der Waals surface area contributed by atoms with Crippen LogP contribution in [-0.4, -0.2) is 16.9 Å². The predicted octanol–water partition coefficient (Wildman–Crippen LogP) is 1.68. The molecule has 8 heteroatoms. The molecule has 0 saturated carbocycles. The van der Waals surface area contributed by atoms with Crippen LogP contribution < -0.4 is 17.2 Å². The summed E-state index contributed by atoms with van der Waals surface area (Å²) in [5.41, 5.74) is 17.7. The number of nitrogens with two attached hydrogens (primary N) is 3.